The summed E-state index contributed by atoms with van der Waals surface area (Å²) in [4.78, 5) is 13.9. The minimum Gasteiger partial charge on any atom is -0.381 e. The smallest absolute Gasteiger partial charge is 0.248 e. The molecule has 1 heterocycles. The summed E-state index contributed by atoms with van der Waals surface area (Å²) in [5, 5.41) is 3.05. The summed E-state index contributed by atoms with van der Waals surface area (Å²) >= 11 is 0. The van der Waals surface area contributed by atoms with Crippen LogP contribution in [0.3, 0.4) is 0 Å². The van der Waals surface area contributed by atoms with Crippen LogP contribution in [-0.2, 0) is 9.53 Å². The molecule has 1 saturated heterocycles. The van der Waals surface area contributed by atoms with Gasteiger partial charge >= 0.3 is 0 Å². The van der Waals surface area contributed by atoms with Gasteiger partial charge in [-0.15, -0.1) is 0 Å². The van der Waals surface area contributed by atoms with E-state index in [1.807, 2.05) is 32.8 Å². The standard InChI is InChI=1S/C12H22N2O2/c1-9(10(2)14(3)4)12(15)13-11-5-7-16-8-6-11/h11H,5-8H2,1-4H3,(H,13,15). The summed E-state index contributed by atoms with van der Waals surface area (Å²) < 4.78 is 5.26. The van der Waals surface area contributed by atoms with Crippen molar-refractivity contribution >= 4 is 5.91 Å². The molecule has 1 fully saturated rings. The third-order valence-electron chi connectivity index (χ3n) is 3.11. The summed E-state index contributed by atoms with van der Waals surface area (Å²) in [5.41, 5.74) is 1.79. The third kappa shape index (κ3) is 3.52. The Morgan fingerprint density at radius 1 is 1.25 bits per heavy atom. The molecule has 0 aliphatic carbocycles. The Balaban J connectivity index is 2.54. The summed E-state index contributed by atoms with van der Waals surface area (Å²) in [6.07, 6.45) is 1.83. The van der Waals surface area contributed by atoms with Gasteiger partial charge in [0.25, 0.3) is 0 Å². The van der Waals surface area contributed by atoms with Crippen molar-refractivity contribution in [3.8, 4) is 0 Å². The zero-order chi connectivity index (χ0) is 12.1. The summed E-state index contributed by atoms with van der Waals surface area (Å²) in [7, 11) is 3.89. The van der Waals surface area contributed by atoms with E-state index in [2.05, 4.69) is 5.32 Å². The van der Waals surface area contributed by atoms with Gasteiger partial charge in [0.1, 0.15) is 0 Å². The number of allylic oxidation sites excluding steroid dienone is 1. The van der Waals surface area contributed by atoms with Crippen LogP contribution in [0, 0.1) is 0 Å². The Morgan fingerprint density at radius 3 is 2.31 bits per heavy atom. The van der Waals surface area contributed by atoms with E-state index in [1.54, 1.807) is 0 Å². The van der Waals surface area contributed by atoms with Crippen LogP contribution in [0.25, 0.3) is 0 Å². The molecular formula is C12H22N2O2. The van der Waals surface area contributed by atoms with E-state index in [4.69, 9.17) is 4.74 Å². The molecule has 0 aromatic heterocycles. The quantitative estimate of drug-likeness (QED) is 0.734. The number of nitrogens with one attached hydrogen (secondary N) is 1. The number of rotatable bonds is 3. The van der Waals surface area contributed by atoms with E-state index in [1.165, 1.54) is 0 Å². The molecule has 0 unspecified atom stereocenters. The monoisotopic (exact) mass is 226 g/mol. The van der Waals surface area contributed by atoms with E-state index in [0.717, 1.165) is 37.3 Å². The normalized spacial score (nSPS) is 19.0. The van der Waals surface area contributed by atoms with Gasteiger partial charge in [0, 0.05) is 44.6 Å². The second-order valence-electron chi connectivity index (χ2n) is 4.46. The molecule has 1 amide bonds. The van der Waals surface area contributed by atoms with Crippen LogP contribution >= 0.6 is 0 Å². The maximum Gasteiger partial charge on any atom is 0.248 e. The van der Waals surface area contributed by atoms with Crippen LogP contribution in [0.15, 0.2) is 11.3 Å². The Hall–Kier alpha value is -1.03. The minimum absolute atomic E-state index is 0.0399. The lowest BCUT2D eigenvalue weighted by atomic mass is 10.1. The van der Waals surface area contributed by atoms with Gasteiger partial charge in [0.05, 0.1) is 0 Å². The lowest BCUT2D eigenvalue weighted by molar-refractivity contribution is -0.118. The first-order chi connectivity index (χ1) is 7.52. The van der Waals surface area contributed by atoms with E-state index < -0.39 is 0 Å². The van der Waals surface area contributed by atoms with Crippen LogP contribution in [0.2, 0.25) is 0 Å². The zero-order valence-corrected chi connectivity index (χ0v) is 10.7. The Labute approximate surface area is 97.6 Å². The Morgan fingerprint density at radius 2 is 1.81 bits per heavy atom. The first-order valence-corrected chi connectivity index (χ1v) is 5.75. The number of nitrogens with zero attached hydrogens (tertiary/aromatic N) is 1. The molecule has 4 nitrogen and oxygen atoms in total. The second kappa shape index (κ2) is 5.89. The molecular weight excluding hydrogens is 204 g/mol. The van der Waals surface area contributed by atoms with Crippen molar-refractivity contribution in [1.29, 1.82) is 0 Å². The topological polar surface area (TPSA) is 41.6 Å². The highest BCUT2D eigenvalue weighted by Crippen LogP contribution is 2.10. The minimum atomic E-state index is 0.0399. The van der Waals surface area contributed by atoms with Gasteiger partial charge in [-0.1, -0.05) is 0 Å². The van der Waals surface area contributed by atoms with Gasteiger partial charge in [-0.25, -0.2) is 0 Å². The number of ether oxygens (including phenoxy) is 1. The molecule has 0 saturated carbocycles. The molecule has 1 rings (SSSR count). The van der Waals surface area contributed by atoms with Crippen molar-refractivity contribution < 1.29 is 9.53 Å². The second-order valence-corrected chi connectivity index (χ2v) is 4.46. The molecule has 1 N–H and O–H groups in total. The number of amides is 1. The molecule has 0 radical (unpaired) electrons. The molecule has 4 heteroatoms. The molecule has 0 aromatic rings. The molecule has 16 heavy (non-hydrogen) atoms. The summed E-state index contributed by atoms with van der Waals surface area (Å²) in [6, 6.07) is 0.270. The molecule has 0 spiro atoms. The van der Waals surface area contributed by atoms with Crippen LogP contribution in [0.4, 0.5) is 0 Å². The predicted molar refractivity (Wildman–Crippen MR) is 64.0 cm³/mol. The van der Waals surface area contributed by atoms with Crippen LogP contribution < -0.4 is 5.32 Å². The highest BCUT2D eigenvalue weighted by Gasteiger charge is 2.17. The highest BCUT2D eigenvalue weighted by molar-refractivity contribution is 5.93. The van der Waals surface area contributed by atoms with Crippen molar-refractivity contribution in [2.45, 2.75) is 32.7 Å². The SMILES string of the molecule is CC(C(=O)NC1CCOCC1)=C(C)N(C)C. The molecule has 0 atom stereocenters. The van der Waals surface area contributed by atoms with Crippen molar-refractivity contribution in [2.24, 2.45) is 0 Å². The average molecular weight is 226 g/mol. The van der Waals surface area contributed by atoms with Crippen molar-refractivity contribution in [1.82, 2.24) is 10.2 Å². The van der Waals surface area contributed by atoms with E-state index in [-0.39, 0.29) is 11.9 Å². The fourth-order valence-electron chi connectivity index (χ4n) is 1.64. The van der Waals surface area contributed by atoms with Crippen LogP contribution in [0.5, 0.6) is 0 Å². The summed E-state index contributed by atoms with van der Waals surface area (Å²) in [5.74, 6) is 0.0399. The van der Waals surface area contributed by atoms with Gasteiger partial charge in [0.15, 0.2) is 0 Å². The van der Waals surface area contributed by atoms with Gasteiger partial charge in [-0.3, -0.25) is 4.79 Å². The van der Waals surface area contributed by atoms with E-state index >= 15 is 0 Å². The Bertz CT molecular complexity index is 279. The fourth-order valence-corrected chi connectivity index (χ4v) is 1.64. The van der Waals surface area contributed by atoms with E-state index in [0.29, 0.717) is 0 Å². The lowest BCUT2D eigenvalue weighted by Crippen LogP contribution is -2.39. The molecule has 92 valence electrons. The van der Waals surface area contributed by atoms with Gasteiger partial charge in [-0.05, 0) is 26.7 Å². The average Bonchev–Trinajstić information content (AvgIpc) is 2.28. The number of carbonyl (C=O) groups is 1. The molecule has 1 aliphatic rings. The fraction of sp³-hybridized carbons (Fsp3) is 0.750. The van der Waals surface area contributed by atoms with Crippen molar-refractivity contribution in [3.63, 3.8) is 0 Å². The Kier molecular flexibility index (Phi) is 4.80. The van der Waals surface area contributed by atoms with E-state index in [9.17, 15) is 4.79 Å². The number of carbonyl (C=O) groups excluding carboxylic acids is 1. The largest absolute Gasteiger partial charge is 0.381 e. The number of hydrogen-bond acceptors (Lipinski definition) is 3. The first-order valence-electron chi connectivity index (χ1n) is 5.75. The first kappa shape index (κ1) is 13.0. The predicted octanol–water partition coefficient (Wildman–Crippen LogP) is 1.14. The zero-order valence-electron chi connectivity index (χ0n) is 10.7. The van der Waals surface area contributed by atoms with Crippen molar-refractivity contribution in [2.75, 3.05) is 27.3 Å². The summed E-state index contributed by atoms with van der Waals surface area (Å²) in [6.45, 7) is 5.32. The molecule has 0 bridgehead atoms. The van der Waals surface area contributed by atoms with Crippen LogP contribution in [-0.4, -0.2) is 44.2 Å². The molecule has 1 aliphatic heterocycles. The van der Waals surface area contributed by atoms with Gasteiger partial charge < -0.3 is 15.0 Å². The van der Waals surface area contributed by atoms with Gasteiger partial charge in [0.2, 0.25) is 5.91 Å². The maximum atomic E-state index is 11.9. The highest BCUT2D eigenvalue weighted by atomic mass is 16.5. The van der Waals surface area contributed by atoms with Crippen molar-refractivity contribution in [3.05, 3.63) is 11.3 Å². The maximum absolute atomic E-state index is 11.9. The third-order valence-corrected chi connectivity index (χ3v) is 3.11. The van der Waals surface area contributed by atoms with Crippen LogP contribution in [0.1, 0.15) is 26.7 Å². The number of hydrogen-bond donors (Lipinski definition) is 1. The van der Waals surface area contributed by atoms with Gasteiger partial charge in [-0.2, -0.15) is 0 Å². The molecule has 0 aromatic carbocycles. The lowest BCUT2D eigenvalue weighted by Gasteiger charge is -2.24.